The smallest absolute Gasteiger partial charge is 0.0404 e. The first-order valence-corrected chi connectivity index (χ1v) is 3.18. The molecule has 0 bridgehead atoms. The Kier molecular flexibility index (Phi) is 5.88. The van der Waals surface area contributed by atoms with Crippen molar-refractivity contribution in [1.82, 2.24) is 0 Å². The molecule has 0 aromatic carbocycles. The number of rotatable bonds is 2. The van der Waals surface area contributed by atoms with Crippen molar-refractivity contribution in [2.24, 2.45) is 0 Å². The van der Waals surface area contributed by atoms with E-state index in [0.717, 1.165) is 6.16 Å². The van der Waals surface area contributed by atoms with E-state index in [0.29, 0.717) is 5.88 Å². The normalized spacial score (nSPS) is 10.3. The highest BCUT2D eigenvalue weighted by Crippen LogP contribution is 1.82. The molecule has 0 fully saturated rings. The van der Waals surface area contributed by atoms with E-state index in [4.69, 9.17) is 11.6 Å². The van der Waals surface area contributed by atoms with Crippen LogP contribution in [0.3, 0.4) is 0 Å². The SMILES string of the molecule is PCC=CCCl. The van der Waals surface area contributed by atoms with Crippen molar-refractivity contribution in [2.75, 3.05) is 12.0 Å². The number of halogens is 1. The summed E-state index contributed by atoms with van der Waals surface area (Å²) < 4.78 is 0. The Morgan fingerprint density at radius 2 is 2.17 bits per heavy atom. The Labute approximate surface area is 45.8 Å². The third kappa shape index (κ3) is 4.46. The third-order valence-electron chi connectivity index (χ3n) is 0.392. The predicted molar refractivity (Wildman–Crippen MR) is 34.4 cm³/mol. The number of alkyl halides is 1. The molecule has 6 heavy (non-hydrogen) atoms. The highest BCUT2D eigenvalue weighted by atomic mass is 35.5. The molecule has 1 unspecified atom stereocenters. The van der Waals surface area contributed by atoms with Crippen LogP contribution >= 0.6 is 20.8 Å². The van der Waals surface area contributed by atoms with Crippen LogP contribution in [-0.4, -0.2) is 12.0 Å². The van der Waals surface area contributed by atoms with Crippen LogP contribution in [0.25, 0.3) is 0 Å². The van der Waals surface area contributed by atoms with Crippen LogP contribution in [0.1, 0.15) is 0 Å². The van der Waals surface area contributed by atoms with E-state index in [-0.39, 0.29) is 0 Å². The summed E-state index contributed by atoms with van der Waals surface area (Å²) in [5, 5.41) is 0. The van der Waals surface area contributed by atoms with Crippen LogP contribution < -0.4 is 0 Å². The Balaban J connectivity index is 2.73. The minimum atomic E-state index is 0.633. The lowest BCUT2D eigenvalue weighted by molar-refractivity contribution is 1.66. The molecule has 2 heteroatoms. The summed E-state index contributed by atoms with van der Waals surface area (Å²) in [6.45, 7) is 0. The van der Waals surface area contributed by atoms with Crippen molar-refractivity contribution in [3.63, 3.8) is 0 Å². The largest absolute Gasteiger partial charge is 0.134 e. The molecule has 36 valence electrons. The second-order valence-electron chi connectivity index (χ2n) is 0.861. The van der Waals surface area contributed by atoms with Gasteiger partial charge in [0.25, 0.3) is 0 Å². The Hall–Kier alpha value is 0.460. The van der Waals surface area contributed by atoms with Crippen molar-refractivity contribution >= 4 is 20.8 Å². The van der Waals surface area contributed by atoms with Crippen molar-refractivity contribution in [3.8, 4) is 0 Å². The minimum absolute atomic E-state index is 0.633. The average molecular weight is 123 g/mol. The van der Waals surface area contributed by atoms with Gasteiger partial charge in [-0.25, -0.2) is 0 Å². The second kappa shape index (κ2) is 5.46. The first-order chi connectivity index (χ1) is 2.91. The van der Waals surface area contributed by atoms with Crippen LogP contribution in [0.2, 0.25) is 0 Å². The van der Waals surface area contributed by atoms with Crippen LogP contribution in [-0.2, 0) is 0 Å². The molecule has 0 saturated heterocycles. The molecule has 1 atom stereocenters. The summed E-state index contributed by atoms with van der Waals surface area (Å²) in [6, 6.07) is 0. The van der Waals surface area contributed by atoms with Gasteiger partial charge in [-0.3, -0.25) is 0 Å². The van der Waals surface area contributed by atoms with Crippen LogP contribution in [0.4, 0.5) is 0 Å². The molecule has 0 aliphatic carbocycles. The summed E-state index contributed by atoms with van der Waals surface area (Å²) in [7, 11) is 2.58. The highest BCUT2D eigenvalue weighted by molar-refractivity contribution is 7.16. The zero-order valence-electron chi connectivity index (χ0n) is 3.52. The summed E-state index contributed by atoms with van der Waals surface area (Å²) in [6.07, 6.45) is 4.94. The van der Waals surface area contributed by atoms with Gasteiger partial charge in [0.2, 0.25) is 0 Å². The fraction of sp³-hybridized carbons (Fsp3) is 0.500. The maximum atomic E-state index is 5.28. The molecule has 0 saturated carbocycles. The fourth-order valence-electron chi connectivity index (χ4n) is 0.159. The highest BCUT2D eigenvalue weighted by Gasteiger charge is 1.61. The van der Waals surface area contributed by atoms with Crippen LogP contribution in [0, 0.1) is 0 Å². The van der Waals surface area contributed by atoms with Crippen LogP contribution in [0.15, 0.2) is 12.2 Å². The van der Waals surface area contributed by atoms with Gasteiger partial charge in [-0.15, -0.1) is 20.8 Å². The Morgan fingerprint density at radius 1 is 1.50 bits per heavy atom. The second-order valence-corrected chi connectivity index (χ2v) is 1.64. The van der Waals surface area contributed by atoms with Crippen molar-refractivity contribution in [2.45, 2.75) is 0 Å². The fourth-order valence-corrected chi connectivity index (χ4v) is 0.478. The summed E-state index contributed by atoms with van der Waals surface area (Å²) in [4.78, 5) is 0. The Bertz CT molecular complexity index is 36.8. The predicted octanol–water partition coefficient (Wildman–Crippen LogP) is 1.66. The molecule has 0 aromatic rings. The molecule has 0 aliphatic heterocycles. The van der Waals surface area contributed by atoms with Gasteiger partial charge in [0, 0.05) is 5.88 Å². The molecule has 0 aromatic heterocycles. The van der Waals surface area contributed by atoms with E-state index in [1.165, 1.54) is 0 Å². The monoisotopic (exact) mass is 122 g/mol. The zero-order valence-corrected chi connectivity index (χ0v) is 5.43. The molecule has 0 radical (unpaired) electrons. The van der Waals surface area contributed by atoms with Gasteiger partial charge in [0.05, 0.1) is 0 Å². The van der Waals surface area contributed by atoms with Crippen molar-refractivity contribution in [3.05, 3.63) is 12.2 Å². The summed E-state index contributed by atoms with van der Waals surface area (Å²) in [5.41, 5.74) is 0. The number of allylic oxidation sites excluding steroid dienone is 2. The molecule has 0 nitrogen and oxygen atoms in total. The molecule has 0 spiro atoms. The maximum absolute atomic E-state index is 5.28. The molecular formula is C4H8ClP. The van der Waals surface area contributed by atoms with Gasteiger partial charge in [-0.2, -0.15) is 0 Å². The van der Waals surface area contributed by atoms with Gasteiger partial charge in [0.15, 0.2) is 0 Å². The first kappa shape index (κ1) is 6.46. The minimum Gasteiger partial charge on any atom is -0.134 e. The van der Waals surface area contributed by atoms with Gasteiger partial charge < -0.3 is 0 Å². The van der Waals surface area contributed by atoms with Gasteiger partial charge in [-0.1, -0.05) is 12.2 Å². The lowest BCUT2D eigenvalue weighted by Crippen LogP contribution is -1.59. The number of hydrogen-bond donors (Lipinski definition) is 0. The molecule has 0 N–H and O–H groups in total. The van der Waals surface area contributed by atoms with E-state index in [9.17, 15) is 0 Å². The average Bonchev–Trinajstić information content (AvgIpc) is 1.61. The van der Waals surface area contributed by atoms with Gasteiger partial charge >= 0.3 is 0 Å². The number of hydrogen-bond acceptors (Lipinski definition) is 0. The van der Waals surface area contributed by atoms with E-state index in [1.807, 2.05) is 12.2 Å². The quantitative estimate of drug-likeness (QED) is 0.297. The Morgan fingerprint density at radius 3 is 2.33 bits per heavy atom. The van der Waals surface area contributed by atoms with Crippen LogP contribution in [0.5, 0.6) is 0 Å². The molecule has 0 rings (SSSR count). The summed E-state index contributed by atoms with van der Waals surface area (Å²) >= 11 is 5.28. The topological polar surface area (TPSA) is 0 Å². The molecule has 0 heterocycles. The standard InChI is InChI=1S/C4H8ClP/c5-3-1-2-4-6/h1-2H,3-4,6H2. The molecular weight excluding hydrogens is 114 g/mol. The van der Waals surface area contributed by atoms with E-state index < -0.39 is 0 Å². The van der Waals surface area contributed by atoms with Crippen molar-refractivity contribution in [1.29, 1.82) is 0 Å². The zero-order chi connectivity index (χ0) is 4.83. The maximum Gasteiger partial charge on any atom is 0.0404 e. The van der Waals surface area contributed by atoms with E-state index in [1.54, 1.807) is 0 Å². The first-order valence-electron chi connectivity index (χ1n) is 1.83. The third-order valence-corrected chi connectivity index (χ3v) is 0.842. The summed E-state index contributed by atoms with van der Waals surface area (Å²) in [5.74, 6) is 0.633. The lowest BCUT2D eigenvalue weighted by Gasteiger charge is -1.71. The van der Waals surface area contributed by atoms with Gasteiger partial charge in [-0.05, 0) is 6.16 Å². The molecule has 0 amide bonds. The van der Waals surface area contributed by atoms with E-state index >= 15 is 0 Å². The van der Waals surface area contributed by atoms with E-state index in [2.05, 4.69) is 9.24 Å². The van der Waals surface area contributed by atoms with Crippen molar-refractivity contribution < 1.29 is 0 Å². The lowest BCUT2D eigenvalue weighted by atomic mass is 10.6. The van der Waals surface area contributed by atoms with Gasteiger partial charge in [0.1, 0.15) is 0 Å². The molecule has 0 aliphatic rings.